The smallest absolute Gasteiger partial charge is 0.337 e. The Bertz CT molecular complexity index is 761. The molecule has 7 nitrogen and oxygen atoms in total. The van der Waals surface area contributed by atoms with Crippen LogP contribution < -0.4 is 4.72 Å². The molecule has 1 aromatic carbocycles. The highest BCUT2D eigenvalue weighted by molar-refractivity contribution is 7.92. The molecule has 3 N–H and O–H groups in total. The lowest BCUT2D eigenvalue weighted by Crippen LogP contribution is -2.15. The Morgan fingerprint density at radius 1 is 1.45 bits per heavy atom. The van der Waals surface area contributed by atoms with Crippen molar-refractivity contribution < 1.29 is 22.7 Å². The van der Waals surface area contributed by atoms with Crippen LogP contribution in [-0.2, 0) is 10.0 Å². The van der Waals surface area contributed by atoms with E-state index in [1.54, 1.807) is 0 Å². The second-order valence-electron chi connectivity index (χ2n) is 3.65. The lowest BCUT2D eigenvalue weighted by Gasteiger charge is -2.08. The van der Waals surface area contributed by atoms with Crippen molar-refractivity contribution in [2.45, 2.75) is 4.90 Å². The summed E-state index contributed by atoms with van der Waals surface area (Å²) in [6.45, 7) is 0. The van der Waals surface area contributed by atoms with Gasteiger partial charge in [0.05, 0.1) is 21.7 Å². The van der Waals surface area contributed by atoms with E-state index >= 15 is 0 Å². The third kappa shape index (κ3) is 2.73. The first-order chi connectivity index (χ1) is 9.31. The van der Waals surface area contributed by atoms with Gasteiger partial charge in [0.25, 0.3) is 10.0 Å². The first-order valence-electron chi connectivity index (χ1n) is 5.06. The second-order valence-corrected chi connectivity index (χ2v) is 5.71. The molecule has 0 aliphatic heterocycles. The molecule has 0 unspecified atom stereocenters. The lowest BCUT2D eigenvalue weighted by molar-refractivity contribution is 0.0696. The topological polar surface area (TPSA) is 112 Å². The zero-order valence-corrected chi connectivity index (χ0v) is 11.2. The number of nitrogens with one attached hydrogen (secondary N) is 2. The number of aromatic amines is 1. The molecule has 2 aromatic rings. The number of H-pyrrole nitrogens is 1. The molecular formula is C10H7ClFN3O4S. The Balaban J connectivity index is 2.49. The molecule has 0 bridgehead atoms. The van der Waals surface area contributed by atoms with Crippen LogP contribution in [-0.4, -0.2) is 29.7 Å². The van der Waals surface area contributed by atoms with E-state index in [1.165, 1.54) is 12.3 Å². The predicted molar refractivity (Wildman–Crippen MR) is 67.8 cm³/mol. The Hall–Kier alpha value is -2.13. The summed E-state index contributed by atoms with van der Waals surface area (Å²) in [6, 6.07) is 2.74. The largest absolute Gasteiger partial charge is 0.478 e. The molecule has 0 atom stereocenters. The van der Waals surface area contributed by atoms with Crippen molar-refractivity contribution in [3.63, 3.8) is 0 Å². The zero-order valence-electron chi connectivity index (χ0n) is 9.59. The van der Waals surface area contributed by atoms with Crippen molar-refractivity contribution in [2.75, 3.05) is 4.72 Å². The predicted octanol–water partition coefficient (Wildman–Crippen LogP) is 1.70. The van der Waals surface area contributed by atoms with E-state index < -0.39 is 37.3 Å². The van der Waals surface area contributed by atoms with Crippen molar-refractivity contribution in [1.82, 2.24) is 10.2 Å². The Labute approximate surface area is 117 Å². The van der Waals surface area contributed by atoms with Gasteiger partial charge in [-0.1, -0.05) is 11.6 Å². The monoisotopic (exact) mass is 319 g/mol. The van der Waals surface area contributed by atoms with Crippen LogP contribution in [0.25, 0.3) is 0 Å². The van der Waals surface area contributed by atoms with E-state index in [0.29, 0.717) is 6.07 Å². The molecule has 0 fully saturated rings. The molecule has 10 heteroatoms. The third-order valence-electron chi connectivity index (χ3n) is 2.29. The number of carboxylic acid groups (broad SMARTS) is 1. The van der Waals surface area contributed by atoms with Gasteiger partial charge in [-0.2, -0.15) is 5.10 Å². The third-order valence-corrected chi connectivity index (χ3v) is 4.02. The molecule has 0 saturated carbocycles. The molecule has 1 heterocycles. The maximum atomic E-state index is 13.5. The molecule has 0 aliphatic carbocycles. The number of rotatable bonds is 4. The van der Waals surface area contributed by atoms with Crippen LogP contribution in [0.2, 0.25) is 5.02 Å². The second kappa shape index (κ2) is 5.10. The van der Waals surface area contributed by atoms with E-state index in [2.05, 4.69) is 14.9 Å². The SMILES string of the molecule is O=C(O)c1cc(S(=O)(=O)Nc2ccn[nH]2)cc(F)c1Cl. The van der Waals surface area contributed by atoms with Crippen LogP contribution in [0.3, 0.4) is 0 Å². The standard InChI is InChI=1S/C10H7ClFN3O4S/c11-9-6(10(16)17)3-5(4-7(9)12)20(18,19)15-8-1-2-13-14-8/h1-4H,(H,16,17)(H2,13,14,15). The van der Waals surface area contributed by atoms with E-state index in [0.717, 1.165) is 6.07 Å². The van der Waals surface area contributed by atoms with E-state index in [1.807, 2.05) is 0 Å². The fourth-order valence-corrected chi connectivity index (χ4v) is 2.63. The molecule has 2 rings (SSSR count). The summed E-state index contributed by atoms with van der Waals surface area (Å²) < 4.78 is 39.5. The van der Waals surface area contributed by atoms with Gasteiger partial charge in [-0.15, -0.1) is 0 Å². The molecule has 0 aliphatic rings. The molecule has 20 heavy (non-hydrogen) atoms. The highest BCUT2D eigenvalue weighted by atomic mass is 35.5. The van der Waals surface area contributed by atoms with Crippen LogP contribution in [0.5, 0.6) is 0 Å². The van der Waals surface area contributed by atoms with Crippen molar-refractivity contribution in [1.29, 1.82) is 0 Å². The summed E-state index contributed by atoms with van der Waals surface area (Å²) in [5.41, 5.74) is -0.642. The first kappa shape index (κ1) is 14.3. The van der Waals surface area contributed by atoms with Crippen LogP contribution in [0, 0.1) is 5.82 Å². The minimum Gasteiger partial charge on any atom is -0.478 e. The zero-order chi connectivity index (χ0) is 14.9. The number of hydrogen-bond donors (Lipinski definition) is 3. The molecule has 1 aromatic heterocycles. The number of aromatic nitrogens is 2. The van der Waals surface area contributed by atoms with Gasteiger partial charge in [0.15, 0.2) is 0 Å². The number of carboxylic acids is 1. The van der Waals surface area contributed by atoms with Gasteiger partial charge in [-0.3, -0.25) is 9.82 Å². The van der Waals surface area contributed by atoms with Crippen molar-refractivity contribution in [3.05, 3.63) is 40.8 Å². The number of benzene rings is 1. The fraction of sp³-hybridized carbons (Fsp3) is 0. The number of sulfonamides is 1. The number of aromatic carboxylic acids is 1. The molecule has 0 spiro atoms. The van der Waals surface area contributed by atoms with Crippen LogP contribution in [0.4, 0.5) is 10.2 Å². The first-order valence-corrected chi connectivity index (χ1v) is 6.92. The lowest BCUT2D eigenvalue weighted by atomic mass is 10.2. The minimum atomic E-state index is -4.16. The van der Waals surface area contributed by atoms with E-state index in [-0.39, 0.29) is 5.82 Å². The maximum Gasteiger partial charge on any atom is 0.337 e. The number of carbonyl (C=O) groups is 1. The summed E-state index contributed by atoms with van der Waals surface area (Å²) in [7, 11) is -4.16. The minimum absolute atomic E-state index is 0.0530. The number of halogens is 2. The fourth-order valence-electron chi connectivity index (χ4n) is 1.39. The van der Waals surface area contributed by atoms with Crippen molar-refractivity contribution in [3.8, 4) is 0 Å². The summed E-state index contributed by atoms with van der Waals surface area (Å²) in [5.74, 6) is -2.62. The Morgan fingerprint density at radius 3 is 2.70 bits per heavy atom. The van der Waals surface area contributed by atoms with Crippen molar-refractivity contribution >= 4 is 33.4 Å². The molecule has 106 valence electrons. The van der Waals surface area contributed by atoms with E-state index in [4.69, 9.17) is 16.7 Å². The average Bonchev–Trinajstić information content (AvgIpc) is 2.83. The van der Waals surface area contributed by atoms with Gasteiger partial charge in [0.2, 0.25) is 0 Å². The van der Waals surface area contributed by atoms with Gasteiger partial charge in [-0.25, -0.2) is 17.6 Å². The van der Waals surface area contributed by atoms with Gasteiger partial charge < -0.3 is 5.11 Å². The number of anilines is 1. The molecule has 0 saturated heterocycles. The summed E-state index contributed by atoms with van der Waals surface area (Å²) in [4.78, 5) is 10.3. The summed E-state index contributed by atoms with van der Waals surface area (Å²) >= 11 is 5.47. The highest BCUT2D eigenvalue weighted by Crippen LogP contribution is 2.25. The normalized spacial score (nSPS) is 11.3. The highest BCUT2D eigenvalue weighted by Gasteiger charge is 2.22. The molecular weight excluding hydrogens is 313 g/mol. The van der Waals surface area contributed by atoms with E-state index in [9.17, 15) is 17.6 Å². The quantitative estimate of drug-likeness (QED) is 0.794. The van der Waals surface area contributed by atoms with Crippen molar-refractivity contribution in [2.24, 2.45) is 0 Å². The van der Waals surface area contributed by atoms with Crippen LogP contribution >= 0.6 is 11.6 Å². The van der Waals surface area contributed by atoms with Gasteiger partial charge in [0, 0.05) is 6.07 Å². The van der Waals surface area contributed by atoms with Crippen LogP contribution in [0.15, 0.2) is 29.3 Å². The Kier molecular flexibility index (Phi) is 3.64. The van der Waals surface area contributed by atoms with Gasteiger partial charge >= 0.3 is 5.97 Å². The maximum absolute atomic E-state index is 13.5. The van der Waals surface area contributed by atoms with Gasteiger partial charge in [0.1, 0.15) is 11.6 Å². The van der Waals surface area contributed by atoms with Gasteiger partial charge in [-0.05, 0) is 12.1 Å². The summed E-state index contributed by atoms with van der Waals surface area (Å²) in [5, 5.41) is 14.1. The average molecular weight is 320 g/mol. The summed E-state index contributed by atoms with van der Waals surface area (Å²) in [6.07, 6.45) is 1.31. The number of nitrogens with zero attached hydrogens (tertiary/aromatic N) is 1. The molecule has 0 radical (unpaired) electrons. The number of hydrogen-bond acceptors (Lipinski definition) is 4. The van der Waals surface area contributed by atoms with Crippen LogP contribution in [0.1, 0.15) is 10.4 Å². The molecule has 0 amide bonds. The Morgan fingerprint density at radius 2 is 2.15 bits per heavy atom.